The average molecular weight is 511 g/mol. The van der Waals surface area contributed by atoms with Gasteiger partial charge in [-0.15, -0.1) is 0 Å². The number of anilines is 1. The predicted octanol–water partition coefficient (Wildman–Crippen LogP) is 3.61. The van der Waals surface area contributed by atoms with Gasteiger partial charge in [-0.3, -0.25) is 14.7 Å². The van der Waals surface area contributed by atoms with Gasteiger partial charge in [-0.05, 0) is 29.3 Å². The molecule has 0 radical (unpaired) electrons. The van der Waals surface area contributed by atoms with Gasteiger partial charge in [0.2, 0.25) is 0 Å². The summed E-state index contributed by atoms with van der Waals surface area (Å²) in [6.45, 7) is 10.3. The smallest absolute Gasteiger partial charge is 0.195 e. The van der Waals surface area contributed by atoms with Gasteiger partial charge in [-0.1, -0.05) is 37.8 Å². The Bertz CT molecular complexity index is 1490. The third-order valence-corrected chi connectivity index (χ3v) is 8.24. The molecule has 0 unspecified atom stereocenters. The molecule has 0 bridgehead atoms. The molecule has 7 heteroatoms. The van der Waals surface area contributed by atoms with E-state index in [1.54, 1.807) is 14.2 Å². The molecule has 2 aliphatic heterocycles. The number of ketones is 1. The van der Waals surface area contributed by atoms with Crippen LogP contribution in [0.3, 0.4) is 0 Å². The van der Waals surface area contributed by atoms with Crippen molar-refractivity contribution in [1.29, 1.82) is 0 Å². The number of ether oxygens (including phenoxy) is 2. The van der Waals surface area contributed by atoms with E-state index in [0.717, 1.165) is 89.5 Å². The second-order valence-corrected chi connectivity index (χ2v) is 10.9. The topological polar surface area (TPSA) is 70.2 Å². The molecule has 1 aliphatic carbocycles. The van der Waals surface area contributed by atoms with E-state index in [0.29, 0.717) is 12.6 Å². The van der Waals surface area contributed by atoms with E-state index in [9.17, 15) is 4.79 Å². The summed E-state index contributed by atoms with van der Waals surface area (Å²) in [6, 6.07) is 10.9. The highest BCUT2D eigenvalue weighted by Crippen LogP contribution is 2.45. The van der Waals surface area contributed by atoms with Crippen LogP contribution in [0.5, 0.6) is 0 Å². The van der Waals surface area contributed by atoms with Crippen LogP contribution >= 0.6 is 0 Å². The molecule has 7 nitrogen and oxygen atoms in total. The van der Waals surface area contributed by atoms with Crippen molar-refractivity contribution < 1.29 is 14.3 Å². The molecule has 3 aliphatic rings. The molecule has 0 spiro atoms. The van der Waals surface area contributed by atoms with Gasteiger partial charge < -0.3 is 19.4 Å². The molecular formula is C31H34N4O3. The minimum absolute atomic E-state index is 0.0497. The maximum atomic E-state index is 14.1. The van der Waals surface area contributed by atoms with Crippen molar-refractivity contribution in [3.63, 3.8) is 0 Å². The van der Waals surface area contributed by atoms with Crippen molar-refractivity contribution in [2.75, 3.05) is 65.1 Å². The number of H-pyrrole nitrogens is 1. The number of nitrogens with one attached hydrogen (secondary N) is 1. The van der Waals surface area contributed by atoms with Crippen LogP contribution in [-0.4, -0.2) is 88.1 Å². The van der Waals surface area contributed by atoms with E-state index >= 15 is 0 Å². The Morgan fingerprint density at radius 1 is 1.18 bits per heavy atom. The van der Waals surface area contributed by atoms with Crippen molar-refractivity contribution in [3.8, 4) is 11.8 Å². The number of methoxy groups -OCH3 is 1. The zero-order valence-electron chi connectivity index (χ0n) is 22.6. The molecule has 0 atom stereocenters. The van der Waals surface area contributed by atoms with Gasteiger partial charge in [-0.25, -0.2) is 0 Å². The maximum Gasteiger partial charge on any atom is 0.195 e. The Hall–Kier alpha value is -3.44. The molecular weight excluding hydrogens is 476 g/mol. The van der Waals surface area contributed by atoms with Crippen LogP contribution in [0.25, 0.3) is 10.9 Å². The Balaban J connectivity index is 1.44. The molecule has 2 fully saturated rings. The minimum atomic E-state index is -0.380. The summed E-state index contributed by atoms with van der Waals surface area (Å²) in [5, 5.41) is 0.948. The van der Waals surface area contributed by atoms with E-state index in [2.05, 4.69) is 57.6 Å². The first kappa shape index (κ1) is 24.9. The minimum Gasteiger partial charge on any atom is -0.378 e. The zero-order valence-corrected chi connectivity index (χ0v) is 22.6. The van der Waals surface area contributed by atoms with Gasteiger partial charge in [-0.2, -0.15) is 0 Å². The fourth-order valence-electron chi connectivity index (χ4n) is 6.04. The monoisotopic (exact) mass is 510 g/mol. The lowest BCUT2D eigenvalue weighted by molar-refractivity contribution is -0.0660. The molecule has 0 amide bonds. The molecule has 196 valence electrons. The Morgan fingerprint density at radius 2 is 1.97 bits per heavy atom. The van der Waals surface area contributed by atoms with Crippen LogP contribution in [0.15, 0.2) is 35.3 Å². The molecule has 3 aromatic rings. The highest BCUT2D eigenvalue weighted by molar-refractivity contribution is 6.20. The lowest BCUT2D eigenvalue weighted by Gasteiger charge is -2.43. The summed E-state index contributed by atoms with van der Waals surface area (Å²) in [4.78, 5) is 26.8. The van der Waals surface area contributed by atoms with Crippen molar-refractivity contribution in [2.24, 2.45) is 4.99 Å². The fraction of sp³-hybridized carbons (Fsp3) is 0.419. The third-order valence-electron chi connectivity index (χ3n) is 8.24. The van der Waals surface area contributed by atoms with E-state index in [1.807, 2.05) is 24.4 Å². The first-order valence-electron chi connectivity index (χ1n) is 13.3. The third kappa shape index (κ3) is 4.04. The first-order valence-corrected chi connectivity index (χ1v) is 13.3. The van der Waals surface area contributed by atoms with E-state index < -0.39 is 0 Å². The van der Waals surface area contributed by atoms with Gasteiger partial charge in [0.15, 0.2) is 5.78 Å². The number of carbonyl (C=O) groups is 1. The number of benzene rings is 2. The van der Waals surface area contributed by atoms with Gasteiger partial charge in [0.1, 0.15) is 6.61 Å². The van der Waals surface area contributed by atoms with E-state index in [4.69, 9.17) is 9.47 Å². The van der Waals surface area contributed by atoms with Gasteiger partial charge in [0, 0.05) is 79.7 Å². The number of nitrogens with zero attached hydrogens (tertiary/aromatic N) is 3. The molecule has 0 saturated carbocycles. The Morgan fingerprint density at radius 3 is 2.66 bits per heavy atom. The second-order valence-electron chi connectivity index (χ2n) is 10.9. The van der Waals surface area contributed by atoms with E-state index in [1.165, 1.54) is 0 Å². The highest BCUT2D eigenvalue weighted by Gasteiger charge is 2.41. The molecule has 2 aromatic carbocycles. The number of piperazine rings is 1. The Labute approximate surface area is 223 Å². The van der Waals surface area contributed by atoms with Gasteiger partial charge in [0.25, 0.3) is 0 Å². The van der Waals surface area contributed by atoms with Crippen molar-refractivity contribution in [1.82, 2.24) is 9.88 Å². The lowest BCUT2D eigenvalue weighted by atomic mass is 9.70. The van der Waals surface area contributed by atoms with Crippen LogP contribution in [0, 0.1) is 11.8 Å². The number of aromatic nitrogens is 1. The Kier molecular flexibility index (Phi) is 6.35. The first-order chi connectivity index (χ1) is 18.4. The van der Waals surface area contributed by atoms with Crippen LogP contribution in [0.4, 0.5) is 5.69 Å². The van der Waals surface area contributed by atoms with Gasteiger partial charge >= 0.3 is 0 Å². The molecule has 3 heterocycles. The summed E-state index contributed by atoms with van der Waals surface area (Å²) in [5.74, 6) is 6.49. The SMILES string of the molecule is C/N=C\c1ccc2c3c([nH]c2c1)C(C)(C)c1cc(N2CCN(C4COC4)CC2)c(C#CCOC)cc1C3=O. The van der Waals surface area contributed by atoms with Crippen molar-refractivity contribution >= 4 is 28.6 Å². The van der Waals surface area contributed by atoms with Crippen LogP contribution < -0.4 is 4.90 Å². The van der Waals surface area contributed by atoms with Crippen LogP contribution in [-0.2, 0) is 14.9 Å². The number of aliphatic imine (C=N–C) groups is 1. The lowest BCUT2D eigenvalue weighted by Crippen LogP contribution is -2.56. The summed E-state index contributed by atoms with van der Waals surface area (Å²) in [5.41, 5.74) is 7.07. The van der Waals surface area contributed by atoms with E-state index in [-0.39, 0.29) is 11.2 Å². The highest BCUT2D eigenvalue weighted by atomic mass is 16.5. The maximum absolute atomic E-state index is 14.1. The number of hydrogen-bond acceptors (Lipinski definition) is 6. The molecule has 1 aromatic heterocycles. The van der Waals surface area contributed by atoms with Crippen molar-refractivity contribution in [3.05, 3.63) is 63.8 Å². The molecule has 1 N–H and O–H groups in total. The van der Waals surface area contributed by atoms with Crippen LogP contribution in [0.2, 0.25) is 0 Å². The number of hydrogen-bond donors (Lipinski definition) is 1. The summed E-state index contributed by atoms with van der Waals surface area (Å²) >= 11 is 0. The second kappa shape index (κ2) is 9.70. The molecule has 2 saturated heterocycles. The number of carbonyl (C=O) groups excluding carboxylic acids is 1. The normalized spacial score (nSPS) is 19.3. The molecule has 38 heavy (non-hydrogen) atoms. The average Bonchev–Trinajstić information content (AvgIpc) is 3.27. The molecule has 6 rings (SSSR count). The fourth-order valence-corrected chi connectivity index (χ4v) is 6.04. The number of rotatable bonds is 4. The largest absolute Gasteiger partial charge is 0.378 e. The van der Waals surface area contributed by atoms with Crippen molar-refractivity contribution in [2.45, 2.75) is 25.3 Å². The quantitative estimate of drug-likeness (QED) is 0.429. The summed E-state index contributed by atoms with van der Waals surface area (Å²) in [7, 11) is 3.41. The number of fused-ring (bicyclic) bond motifs is 4. The predicted molar refractivity (Wildman–Crippen MR) is 151 cm³/mol. The number of aromatic amines is 1. The summed E-state index contributed by atoms with van der Waals surface area (Å²) < 4.78 is 10.6. The summed E-state index contributed by atoms with van der Waals surface area (Å²) in [6.07, 6.45) is 1.83. The van der Waals surface area contributed by atoms with Crippen LogP contribution in [0.1, 0.15) is 52.2 Å². The van der Waals surface area contributed by atoms with Gasteiger partial charge in [0.05, 0.1) is 30.5 Å². The zero-order chi connectivity index (χ0) is 26.4. The standard InChI is InChI=1S/C31H34N4O3/c1-31(2)25-16-27(35-11-9-34(10-12-35)22-18-38-19-22)21(6-5-13-37-4)15-24(25)29(36)28-23-8-7-20(17-32-3)14-26(23)33-30(28)31/h7-8,14-17,22,33H,9-13,18-19H2,1-4H3/b32-17-.